The fourth-order valence-electron chi connectivity index (χ4n) is 4.71. The van der Waals surface area contributed by atoms with Crippen LogP contribution in [0.4, 0.5) is 0 Å². The lowest BCUT2D eigenvalue weighted by Crippen LogP contribution is -2.63. The molecule has 2 aliphatic heterocycles. The Bertz CT molecular complexity index is 1080. The molecule has 2 rings (SSSR count). The van der Waals surface area contributed by atoms with E-state index in [4.69, 9.17) is 82.8 Å². The minimum absolute atomic E-state index is 0.344. The molecule has 4 unspecified atom stereocenters. The van der Waals surface area contributed by atoms with Gasteiger partial charge in [-0.25, -0.2) is 0 Å². The van der Waals surface area contributed by atoms with Crippen molar-refractivity contribution in [3.05, 3.63) is 0 Å². The molecule has 18 heteroatoms. The van der Waals surface area contributed by atoms with Crippen LogP contribution in [0.5, 0.6) is 0 Å². The summed E-state index contributed by atoms with van der Waals surface area (Å²) in [5.41, 5.74) is 0. The number of alkyl halides is 3. The summed E-state index contributed by atoms with van der Waals surface area (Å²) in [6.45, 7) is 8.25. The van der Waals surface area contributed by atoms with E-state index < -0.39 is 107 Å². The summed E-state index contributed by atoms with van der Waals surface area (Å²) in [5.74, 6) is -5.86. The van der Waals surface area contributed by atoms with E-state index in [1.165, 1.54) is 13.8 Å². The van der Waals surface area contributed by atoms with Crippen molar-refractivity contribution in [3.63, 3.8) is 0 Å². The summed E-state index contributed by atoms with van der Waals surface area (Å²) in [6.07, 6.45) is -9.73. The second kappa shape index (κ2) is 16.2. The Morgan fingerprint density at radius 2 is 1.00 bits per heavy atom. The van der Waals surface area contributed by atoms with E-state index in [2.05, 4.69) is 0 Å². The Labute approximate surface area is 268 Å². The predicted octanol–water partition coefficient (Wildman–Crippen LogP) is 2.38. The monoisotopic (exact) mass is 691 g/mol. The van der Waals surface area contributed by atoms with Crippen molar-refractivity contribution in [1.29, 1.82) is 5.41 Å². The van der Waals surface area contributed by atoms with Crippen LogP contribution in [-0.2, 0) is 66.6 Å². The van der Waals surface area contributed by atoms with Crippen LogP contribution in [0.3, 0.4) is 0 Å². The van der Waals surface area contributed by atoms with E-state index >= 15 is 0 Å². The second-order valence-electron chi connectivity index (χ2n) is 10.2. The topological polar surface area (TPSA) is 192 Å². The predicted molar refractivity (Wildman–Crippen MR) is 150 cm³/mol. The van der Waals surface area contributed by atoms with Crippen molar-refractivity contribution in [3.8, 4) is 0 Å². The third-order valence-corrected chi connectivity index (χ3v) is 7.07. The Balaban J connectivity index is 2.52. The lowest BCUT2D eigenvalue weighted by molar-refractivity contribution is -0.343. The maximum absolute atomic E-state index is 12.1. The highest BCUT2D eigenvalue weighted by Gasteiger charge is 2.54. The zero-order valence-corrected chi connectivity index (χ0v) is 27.3. The quantitative estimate of drug-likeness (QED) is 0.115. The van der Waals surface area contributed by atoms with Crippen molar-refractivity contribution in [2.24, 2.45) is 11.8 Å². The minimum atomic E-state index is -2.29. The van der Waals surface area contributed by atoms with Gasteiger partial charge in [0.1, 0.15) is 31.5 Å². The van der Waals surface area contributed by atoms with E-state index in [1.54, 1.807) is 13.8 Å². The molecule has 2 saturated heterocycles. The van der Waals surface area contributed by atoms with E-state index in [0.717, 1.165) is 20.8 Å². The normalized spacial score (nSPS) is 32.0. The average Bonchev–Trinajstić information content (AvgIpc) is 2.88. The number of nitrogens with one attached hydrogen (secondary N) is 1. The summed E-state index contributed by atoms with van der Waals surface area (Å²) in [5, 5.41) is 7.98. The molecule has 0 aliphatic carbocycles. The van der Waals surface area contributed by atoms with E-state index in [9.17, 15) is 24.0 Å². The number of hydrogen-bond acceptors (Lipinski definition) is 15. The van der Waals surface area contributed by atoms with Crippen LogP contribution in [-0.4, -0.2) is 102 Å². The number of ether oxygens (including phenoxy) is 9. The molecule has 0 saturated carbocycles. The molecule has 2 fully saturated rings. The number of carbonyl (C=O) groups excluding carboxylic acids is 5. The fraction of sp³-hybridized carbons (Fsp3) is 0.769. The lowest BCUT2D eigenvalue weighted by Gasteiger charge is -2.48. The maximum atomic E-state index is 12.1. The Kier molecular flexibility index (Phi) is 13.9. The molecular weight excluding hydrogens is 657 g/mol. The average molecular weight is 693 g/mol. The summed E-state index contributed by atoms with van der Waals surface area (Å²) >= 11 is 17.3. The molecule has 10 atom stereocenters. The van der Waals surface area contributed by atoms with Gasteiger partial charge in [0, 0.05) is 46.5 Å². The highest BCUT2D eigenvalue weighted by atomic mass is 35.6. The van der Waals surface area contributed by atoms with Crippen LogP contribution in [0, 0.1) is 17.2 Å². The zero-order valence-electron chi connectivity index (χ0n) is 25.0. The molecule has 2 heterocycles. The Morgan fingerprint density at radius 1 is 0.614 bits per heavy atom. The number of carbonyl (C=O) groups is 5. The van der Waals surface area contributed by atoms with Gasteiger partial charge in [-0.3, -0.25) is 29.4 Å². The van der Waals surface area contributed by atoms with Crippen LogP contribution in [0.2, 0.25) is 0 Å². The molecule has 0 radical (unpaired) electrons. The molecule has 0 aromatic heterocycles. The summed E-state index contributed by atoms with van der Waals surface area (Å²) < 4.78 is 48.1. The first-order valence-electron chi connectivity index (χ1n) is 13.4. The molecule has 0 aromatic carbocycles. The van der Waals surface area contributed by atoms with Crippen molar-refractivity contribution in [2.45, 2.75) is 101 Å². The van der Waals surface area contributed by atoms with Crippen LogP contribution < -0.4 is 0 Å². The van der Waals surface area contributed by atoms with Gasteiger partial charge in [-0.2, -0.15) is 0 Å². The molecule has 250 valence electrons. The second-order valence-corrected chi connectivity index (χ2v) is 12.5. The zero-order chi connectivity index (χ0) is 33.5. The Morgan fingerprint density at radius 3 is 1.43 bits per heavy atom. The first-order chi connectivity index (χ1) is 20.3. The highest BCUT2D eigenvalue weighted by Crippen LogP contribution is 2.38. The smallest absolute Gasteiger partial charge is 0.303 e. The van der Waals surface area contributed by atoms with Gasteiger partial charge in [-0.15, -0.1) is 0 Å². The number of esters is 5. The van der Waals surface area contributed by atoms with Crippen LogP contribution in [0.1, 0.15) is 48.5 Å². The SMILES string of the molecule is CC(=O)OCC1O[C@@H](O[C@H]2C(C)C(OC(C)=O)[C@@H](OC(=N)C(Cl)(Cl)Cl)O[C@H]2COC(C)=O)[C@@H](OC(C)=O)C(C)[C@H]1OC(C)=O. The summed E-state index contributed by atoms with van der Waals surface area (Å²) in [4.78, 5) is 59.3. The largest absolute Gasteiger partial charge is 0.463 e. The molecule has 0 bridgehead atoms. The van der Waals surface area contributed by atoms with Gasteiger partial charge in [0.15, 0.2) is 18.5 Å². The number of halogens is 3. The molecule has 1 N–H and O–H groups in total. The number of hydrogen-bond donors (Lipinski definition) is 1. The Hall–Kier alpha value is -2.43. The lowest BCUT2D eigenvalue weighted by atomic mass is 9.88. The van der Waals surface area contributed by atoms with Crippen molar-refractivity contribution < 1.29 is 66.6 Å². The van der Waals surface area contributed by atoms with Gasteiger partial charge < -0.3 is 42.6 Å². The first kappa shape index (κ1) is 37.8. The van der Waals surface area contributed by atoms with Gasteiger partial charge >= 0.3 is 29.8 Å². The van der Waals surface area contributed by atoms with Gasteiger partial charge in [-0.05, 0) is 0 Å². The van der Waals surface area contributed by atoms with E-state index in [0.29, 0.717) is 0 Å². The van der Waals surface area contributed by atoms with E-state index in [-0.39, 0.29) is 6.61 Å². The van der Waals surface area contributed by atoms with Crippen molar-refractivity contribution >= 4 is 70.5 Å². The van der Waals surface area contributed by atoms with Gasteiger partial charge in [0.05, 0.1) is 6.10 Å². The third-order valence-electron chi connectivity index (χ3n) is 6.55. The minimum Gasteiger partial charge on any atom is -0.463 e. The van der Waals surface area contributed by atoms with E-state index in [1.807, 2.05) is 0 Å². The van der Waals surface area contributed by atoms with Crippen LogP contribution >= 0.6 is 34.8 Å². The van der Waals surface area contributed by atoms with Gasteiger partial charge in [0.2, 0.25) is 12.2 Å². The first-order valence-corrected chi connectivity index (χ1v) is 14.5. The van der Waals surface area contributed by atoms with Crippen molar-refractivity contribution in [2.75, 3.05) is 13.2 Å². The van der Waals surface area contributed by atoms with Crippen molar-refractivity contribution in [1.82, 2.24) is 0 Å². The third kappa shape index (κ3) is 10.9. The molecule has 0 aromatic rings. The summed E-state index contributed by atoms with van der Waals surface area (Å²) in [7, 11) is 0. The molecule has 0 amide bonds. The van der Waals surface area contributed by atoms with Crippen LogP contribution in [0.15, 0.2) is 0 Å². The van der Waals surface area contributed by atoms with Gasteiger partial charge in [0.25, 0.3) is 3.79 Å². The fourth-order valence-corrected chi connectivity index (χ4v) is 4.84. The molecular formula is C26H36Cl3NO14. The maximum Gasteiger partial charge on any atom is 0.303 e. The molecule has 44 heavy (non-hydrogen) atoms. The molecule has 2 aliphatic rings. The van der Waals surface area contributed by atoms with Crippen LogP contribution in [0.25, 0.3) is 0 Å². The molecule has 0 spiro atoms. The van der Waals surface area contributed by atoms with Gasteiger partial charge in [-0.1, -0.05) is 48.7 Å². The highest BCUT2D eigenvalue weighted by molar-refractivity contribution is 6.76. The number of rotatable bonds is 10. The summed E-state index contributed by atoms with van der Waals surface area (Å²) in [6, 6.07) is 0. The standard InChI is InChI=1S/C26H36Cl3NO14/c1-10-19(38-14(5)33)17(8-36-12(3)31)41-23(21(10)39-15(6)34)43-20-11(2)22(40-16(7)35)24(44-25(30)26(27,28)29)42-18(20)9-37-13(4)32/h10-11,17-24,30H,8-9H2,1-7H3/t10?,11?,17?,18-,19+,20-,21-,22?,23-,24+/m0/s1. The molecule has 15 nitrogen and oxygen atoms in total.